The van der Waals surface area contributed by atoms with E-state index in [0.29, 0.717) is 11.4 Å². The first-order valence-corrected chi connectivity index (χ1v) is 14.2. The van der Waals surface area contributed by atoms with Gasteiger partial charge in [0.1, 0.15) is 5.82 Å². The first-order valence-electron chi connectivity index (χ1n) is 11.6. The van der Waals surface area contributed by atoms with Crippen molar-refractivity contribution in [2.24, 2.45) is 0 Å². The molecule has 1 heterocycles. The molecule has 4 aromatic rings. The van der Waals surface area contributed by atoms with E-state index in [0.717, 1.165) is 32.3 Å². The van der Waals surface area contributed by atoms with Crippen molar-refractivity contribution in [2.45, 2.75) is 14.7 Å². The number of benzene rings is 4. The normalized spacial score (nSPS) is 12.3. The molecule has 4 aromatic carbocycles. The fraction of sp³-hybridized carbons (Fsp3) is 0.0714. The van der Waals surface area contributed by atoms with Gasteiger partial charge in [-0.05, 0) is 66.7 Å². The van der Waals surface area contributed by atoms with Crippen molar-refractivity contribution < 1.29 is 27.1 Å². The van der Waals surface area contributed by atoms with Crippen LogP contribution in [0.25, 0.3) is 0 Å². The van der Waals surface area contributed by atoms with E-state index in [1.807, 2.05) is 36.4 Å². The molecular weight excluding hydrogens is 563 g/mol. The maximum atomic E-state index is 13.3. The number of carbonyl (C=O) groups excluding carboxylic acids is 2. The van der Waals surface area contributed by atoms with E-state index < -0.39 is 34.3 Å². The SMILES string of the molecule is CN(c1ccc(F)cc1)S(=O)(=O)c1ccc(Cl)c(C(=O)OCC(=O)N2c3ccccc3Sc3ccccc32)c1. The number of amides is 1. The first-order chi connectivity index (χ1) is 18.7. The molecule has 0 saturated heterocycles. The van der Waals surface area contributed by atoms with Crippen LogP contribution in [0.3, 0.4) is 0 Å². The Kier molecular flexibility index (Phi) is 7.35. The zero-order chi connectivity index (χ0) is 27.7. The average Bonchev–Trinajstić information content (AvgIpc) is 2.94. The minimum absolute atomic E-state index is 0.0408. The van der Waals surface area contributed by atoms with E-state index in [9.17, 15) is 22.4 Å². The van der Waals surface area contributed by atoms with Crippen LogP contribution in [0.15, 0.2) is 106 Å². The van der Waals surface area contributed by atoms with Gasteiger partial charge in [-0.1, -0.05) is 47.6 Å². The van der Waals surface area contributed by atoms with E-state index in [1.165, 1.54) is 48.0 Å². The lowest BCUT2D eigenvalue weighted by molar-refractivity contribution is -0.121. The van der Waals surface area contributed by atoms with Gasteiger partial charge in [-0.15, -0.1) is 0 Å². The Bertz CT molecular complexity index is 1650. The lowest BCUT2D eigenvalue weighted by Crippen LogP contribution is -2.32. The fourth-order valence-corrected chi connectivity index (χ4v) is 6.49. The summed E-state index contributed by atoms with van der Waals surface area (Å²) in [5.41, 5.74) is 1.34. The van der Waals surface area contributed by atoms with Crippen molar-refractivity contribution in [3.8, 4) is 0 Å². The zero-order valence-electron chi connectivity index (χ0n) is 20.4. The Labute approximate surface area is 233 Å². The molecule has 5 rings (SSSR count). The summed E-state index contributed by atoms with van der Waals surface area (Å²) in [5.74, 6) is -1.95. The average molecular weight is 583 g/mol. The predicted molar refractivity (Wildman–Crippen MR) is 148 cm³/mol. The van der Waals surface area contributed by atoms with Crippen LogP contribution in [0.5, 0.6) is 0 Å². The highest BCUT2D eigenvalue weighted by Gasteiger charge is 2.29. The van der Waals surface area contributed by atoms with Gasteiger partial charge in [0.05, 0.1) is 32.5 Å². The molecule has 0 aliphatic carbocycles. The molecule has 0 aromatic heterocycles. The van der Waals surface area contributed by atoms with Crippen LogP contribution in [0.4, 0.5) is 21.5 Å². The van der Waals surface area contributed by atoms with E-state index in [2.05, 4.69) is 0 Å². The molecule has 11 heteroatoms. The molecular formula is C28H20ClFN2O5S2. The van der Waals surface area contributed by atoms with Gasteiger partial charge in [0.2, 0.25) is 0 Å². The van der Waals surface area contributed by atoms with Gasteiger partial charge in [0, 0.05) is 16.8 Å². The third kappa shape index (κ3) is 5.23. The van der Waals surface area contributed by atoms with Crippen LogP contribution < -0.4 is 9.21 Å². The molecule has 0 fully saturated rings. The van der Waals surface area contributed by atoms with Gasteiger partial charge >= 0.3 is 5.97 Å². The van der Waals surface area contributed by atoms with Crippen LogP contribution in [0.1, 0.15) is 10.4 Å². The Hall–Kier alpha value is -3.86. The molecule has 0 bridgehead atoms. The number of hydrogen-bond donors (Lipinski definition) is 0. The predicted octanol–water partition coefficient (Wildman–Crippen LogP) is 6.29. The molecule has 7 nitrogen and oxygen atoms in total. The quantitative estimate of drug-likeness (QED) is 0.248. The molecule has 0 N–H and O–H groups in total. The van der Waals surface area contributed by atoms with Crippen molar-refractivity contribution in [3.63, 3.8) is 0 Å². The first kappa shape index (κ1) is 26.7. The van der Waals surface area contributed by atoms with Crippen molar-refractivity contribution in [2.75, 3.05) is 22.9 Å². The summed E-state index contributed by atoms with van der Waals surface area (Å²) in [6.07, 6.45) is 0. The van der Waals surface area contributed by atoms with Gasteiger partial charge < -0.3 is 4.74 Å². The fourth-order valence-electron chi connectivity index (χ4n) is 4.01. The molecule has 1 aliphatic heterocycles. The van der Waals surface area contributed by atoms with E-state index in [1.54, 1.807) is 12.1 Å². The lowest BCUT2D eigenvalue weighted by atomic mass is 10.2. The molecule has 0 saturated carbocycles. The number of para-hydroxylation sites is 2. The van der Waals surface area contributed by atoms with Crippen LogP contribution in [0, 0.1) is 5.82 Å². The Morgan fingerprint density at radius 2 is 1.51 bits per heavy atom. The van der Waals surface area contributed by atoms with Crippen LogP contribution in [0.2, 0.25) is 5.02 Å². The lowest BCUT2D eigenvalue weighted by Gasteiger charge is -2.30. The minimum Gasteiger partial charge on any atom is -0.452 e. The van der Waals surface area contributed by atoms with Gasteiger partial charge in [-0.25, -0.2) is 17.6 Å². The molecule has 39 heavy (non-hydrogen) atoms. The molecule has 0 radical (unpaired) electrons. The maximum absolute atomic E-state index is 13.3. The van der Waals surface area contributed by atoms with Gasteiger partial charge in [-0.2, -0.15) is 0 Å². The summed E-state index contributed by atoms with van der Waals surface area (Å²) < 4.78 is 45.9. The summed E-state index contributed by atoms with van der Waals surface area (Å²) in [7, 11) is -2.82. The van der Waals surface area contributed by atoms with Gasteiger partial charge in [-0.3, -0.25) is 14.0 Å². The highest BCUT2D eigenvalue weighted by Crippen LogP contribution is 2.47. The summed E-state index contributed by atoms with van der Waals surface area (Å²) in [4.78, 5) is 29.3. The molecule has 0 unspecified atom stereocenters. The monoisotopic (exact) mass is 582 g/mol. The largest absolute Gasteiger partial charge is 0.452 e. The van der Waals surface area contributed by atoms with Crippen LogP contribution in [-0.4, -0.2) is 33.9 Å². The Morgan fingerprint density at radius 1 is 0.923 bits per heavy atom. The van der Waals surface area contributed by atoms with Crippen molar-refractivity contribution >= 4 is 62.3 Å². The third-order valence-corrected chi connectivity index (χ3v) is 9.26. The number of hydrogen-bond acceptors (Lipinski definition) is 6. The summed E-state index contributed by atoms with van der Waals surface area (Å²) in [6.45, 7) is -0.602. The standard InChI is InChI=1S/C28H20ClFN2O5S2/c1-31(19-12-10-18(30)11-13-19)39(35,36)20-14-15-22(29)21(16-20)28(34)37-17-27(33)32-23-6-2-4-8-25(23)38-26-9-5-3-7-24(26)32/h2-16H,17H2,1H3. The van der Waals surface area contributed by atoms with Crippen LogP contribution >= 0.6 is 23.4 Å². The zero-order valence-corrected chi connectivity index (χ0v) is 22.8. The van der Waals surface area contributed by atoms with E-state index in [-0.39, 0.29) is 21.2 Å². The van der Waals surface area contributed by atoms with E-state index in [4.69, 9.17) is 16.3 Å². The molecule has 0 spiro atoms. The number of carbonyl (C=O) groups is 2. The van der Waals surface area contributed by atoms with Gasteiger partial charge in [0.15, 0.2) is 6.61 Å². The number of anilines is 3. The molecule has 0 atom stereocenters. The molecule has 198 valence electrons. The maximum Gasteiger partial charge on any atom is 0.340 e. The number of rotatable bonds is 6. The number of nitrogens with zero attached hydrogens (tertiary/aromatic N) is 2. The smallest absolute Gasteiger partial charge is 0.340 e. The summed E-state index contributed by atoms with van der Waals surface area (Å²) >= 11 is 7.74. The summed E-state index contributed by atoms with van der Waals surface area (Å²) in [5, 5.41) is -0.0408. The Balaban J connectivity index is 1.37. The second-order valence-electron chi connectivity index (χ2n) is 8.43. The van der Waals surface area contributed by atoms with Crippen molar-refractivity contribution in [1.82, 2.24) is 0 Å². The summed E-state index contributed by atoms with van der Waals surface area (Å²) in [6, 6.07) is 23.3. The number of halogens is 2. The van der Waals surface area contributed by atoms with Gasteiger partial charge in [0.25, 0.3) is 15.9 Å². The highest BCUT2D eigenvalue weighted by molar-refractivity contribution is 7.99. The number of sulfonamides is 1. The number of esters is 1. The van der Waals surface area contributed by atoms with Crippen LogP contribution in [-0.2, 0) is 19.6 Å². The van der Waals surface area contributed by atoms with E-state index >= 15 is 0 Å². The topological polar surface area (TPSA) is 84.0 Å². The molecule has 1 amide bonds. The third-order valence-electron chi connectivity index (χ3n) is 6.01. The second-order valence-corrected chi connectivity index (χ2v) is 11.9. The number of fused-ring (bicyclic) bond motifs is 2. The second kappa shape index (κ2) is 10.7. The van der Waals surface area contributed by atoms with Crippen molar-refractivity contribution in [3.05, 3.63) is 107 Å². The van der Waals surface area contributed by atoms with Crippen molar-refractivity contribution in [1.29, 1.82) is 0 Å². The highest BCUT2D eigenvalue weighted by atomic mass is 35.5. The number of ether oxygens (including phenoxy) is 1. The molecule has 1 aliphatic rings. The minimum atomic E-state index is -4.13. The Morgan fingerprint density at radius 3 is 2.13 bits per heavy atom.